The number of aromatic nitrogens is 1. The SMILES string of the molecule is O=C(NCc1ccc(F)cc1)c1cccc(C(=O)Nc2ccc(F)cc2)n1. The Bertz CT molecular complexity index is 958. The van der Waals surface area contributed by atoms with Gasteiger partial charge in [0.25, 0.3) is 11.8 Å². The summed E-state index contributed by atoms with van der Waals surface area (Å²) in [5, 5.41) is 5.24. The van der Waals surface area contributed by atoms with Crippen molar-refractivity contribution >= 4 is 17.5 Å². The molecule has 0 aliphatic carbocycles. The Hall–Kier alpha value is -3.61. The molecule has 0 bridgehead atoms. The maximum atomic E-state index is 12.9. The fraction of sp³-hybridized carbons (Fsp3) is 0.0500. The highest BCUT2D eigenvalue weighted by molar-refractivity contribution is 6.03. The zero-order valence-electron chi connectivity index (χ0n) is 14.1. The van der Waals surface area contributed by atoms with E-state index in [4.69, 9.17) is 0 Å². The first-order valence-corrected chi connectivity index (χ1v) is 8.08. The van der Waals surface area contributed by atoms with Crippen LogP contribution in [-0.2, 0) is 6.54 Å². The van der Waals surface area contributed by atoms with Gasteiger partial charge < -0.3 is 10.6 Å². The second kappa shape index (κ2) is 8.18. The van der Waals surface area contributed by atoms with Crippen LogP contribution in [0.15, 0.2) is 66.7 Å². The van der Waals surface area contributed by atoms with Gasteiger partial charge in [0.05, 0.1) is 0 Å². The van der Waals surface area contributed by atoms with Crippen molar-refractivity contribution in [3.63, 3.8) is 0 Å². The number of pyridine rings is 1. The zero-order valence-corrected chi connectivity index (χ0v) is 14.1. The van der Waals surface area contributed by atoms with Gasteiger partial charge in [-0.3, -0.25) is 9.59 Å². The first-order chi connectivity index (χ1) is 13.0. The second-order valence-electron chi connectivity index (χ2n) is 5.68. The number of rotatable bonds is 5. The lowest BCUT2D eigenvalue weighted by Gasteiger charge is -2.07. The van der Waals surface area contributed by atoms with E-state index < -0.39 is 17.6 Å². The van der Waals surface area contributed by atoms with Crippen molar-refractivity contribution in [1.29, 1.82) is 0 Å². The third kappa shape index (κ3) is 4.94. The fourth-order valence-electron chi connectivity index (χ4n) is 2.29. The first kappa shape index (κ1) is 18.2. The summed E-state index contributed by atoms with van der Waals surface area (Å²) in [4.78, 5) is 28.5. The average molecular weight is 367 g/mol. The summed E-state index contributed by atoms with van der Waals surface area (Å²) in [6.07, 6.45) is 0. The van der Waals surface area contributed by atoms with Gasteiger partial charge in [0.1, 0.15) is 23.0 Å². The molecule has 0 aliphatic rings. The third-order valence-corrected chi connectivity index (χ3v) is 3.68. The summed E-state index contributed by atoms with van der Waals surface area (Å²) < 4.78 is 25.8. The molecule has 0 saturated heterocycles. The monoisotopic (exact) mass is 367 g/mol. The van der Waals surface area contributed by atoms with Gasteiger partial charge in [0, 0.05) is 12.2 Å². The average Bonchev–Trinajstić information content (AvgIpc) is 2.69. The molecule has 3 rings (SSSR count). The molecule has 1 aromatic heterocycles. The Morgan fingerprint density at radius 2 is 1.33 bits per heavy atom. The van der Waals surface area contributed by atoms with Gasteiger partial charge in [-0.1, -0.05) is 18.2 Å². The van der Waals surface area contributed by atoms with Crippen molar-refractivity contribution in [2.24, 2.45) is 0 Å². The van der Waals surface area contributed by atoms with Crippen LogP contribution < -0.4 is 10.6 Å². The topological polar surface area (TPSA) is 71.1 Å². The van der Waals surface area contributed by atoms with E-state index in [2.05, 4.69) is 15.6 Å². The van der Waals surface area contributed by atoms with E-state index in [-0.39, 0.29) is 23.7 Å². The predicted molar refractivity (Wildman–Crippen MR) is 96.2 cm³/mol. The van der Waals surface area contributed by atoms with Crippen LogP contribution in [0.4, 0.5) is 14.5 Å². The molecule has 5 nitrogen and oxygen atoms in total. The molecule has 7 heteroatoms. The number of halogens is 2. The summed E-state index contributed by atoms with van der Waals surface area (Å²) in [7, 11) is 0. The highest BCUT2D eigenvalue weighted by Gasteiger charge is 2.12. The van der Waals surface area contributed by atoms with Crippen molar-refractivity contribution in [3.8, 4) is 0 Å². The number of benzene rings is 2. The quantitative estimate of drug-likeness (QED) is 0.725. The normalized spacial score (nSPS) is 10.3. The maximum Gasteiger partial charge on any atom is 0.274 e. The van der Waals surface area contributed by atoms with Crippen LogP contribution in [0.1, 0.15) is 26.5 Å². The van der Waals surface area contributed by atoms with E-state index in [1.54, 1.807) is 18.2 Å². The summed E-state index contributed by atoms with van der Waals surface area (Å²) >= 11 is 0. The highest BCUT2D eigenvalue weighted by atomic mass is 19.1. The summed E-state index contributed by atoms with van der Waals surface area (Å²) in [6.45, 7) is 0.201. The van der Waals surface area contributed by atoms with Gasteiger partial charge in [0.2, 0.25) is 0 Å². The van der Waals surface area contributed by atoms with Crippen LogP contribution in [0.25, 0.3) is 0 Å². The number of nitrogens with one attached hydrogen (secondary N) is 2. The molecule has 136 valence electrons. The molecule has 0 unspecified atom stereocenters. The molecule has 0 radical (unpaired) electrons. The molecule has 3 aromatic rings. The van der Waals surface area contributed by atoms with E-state index in [1.165, 1.54) is 48.5 Å². The number of anilines is 1. The van der Waals surface area contributed by atoms with E-state index in [0.29, 0.717) is 5.69 Å². The number of hydrogen-bond acceptors (Lipinski definition) is 3. The van der Waals surface area contributed by atoms with Crippen LogP contribution in [0.5, 0.6) is 0 Å². The minimum Gasteiger partial charge on any atom is -0.347 e. The Balaban J connectivity index is 1.65. The Morgan fingerprint density at radius 1 is 0.778 bits per heavy atom. The van der Waals surface area contributed by atoms with Gasteiger partial charge in [-0.2, -0.15) is 0 Å². The molecule has 0 saturated carbocycles. The van der Waals surface area contributed by atoms with Crippen LogP contribution in [0.2, 0.25) is 0 Å². The molecular formula is C20H15F2N3O2. The lowest BCUT2D eigenvalue weighted by atomic mass is 10.2. The van der Waals surface area contributed by atoms with Gasteiger partial charge in [-0.25, -0.2) is 13.8 Å². The predicted octanol–water partition coefficient (Wildman–Crippen LogP) is 3.54. The molecule has 0 fully saturated rings. The first-order valence-electron chi connectivity index (χ1n) is 8.08. The molecule has 2 aromatic carbocycles. The van der Waals surface area contributed by atoms with E-state index in [1.807, 2.05) is 0 Å². The molecule has 2 amide bonds. The fourth-order valence-corrected chi connectivity index (χ4v) is 2.29. The molecule has 2 N–H and O–H groups in total. The number of nitrogens with zero attached hydrogens (tertiary/aromatic N) is 1. The third-order valence-electron chi connectivity index (χ3n) is 3.68. The molecule has 0 atom stereocenters. The Kier molecular flexibility index (Phi) is 5.51. The lowest BCUT2D eigenvalue weighted by Crippen LogP contribution is -2.25. The molecule has 0 aliphatic heterocycles. The molecule has 1 heterocycles. The van der Waals surface area contributed by atoms with Crippen LogP contribution in [0.3, 0.4) is 0 Å². The largest absolute Gasteiger partial charge is 0.347 e. The van der Waals surface area contributed by atoms with Crippen molar-refractivity contribution in [2.45, 2.75) is 6.54 Å². The smallest absolute Gasteiger partial charge is 0.274 e. The van der Waals surface area contributed by atoms with Gasteiger partial charge in [0.15, 0.2) is 0 Å². The summed E-state index contributed by atoms with van der Waals surface area (Å²) in [5.41, 5.74) is 1.27. The van der Waals surface area contributed by atoms with Crippen molar-refractivity contribution in [1.82, 2.24) is 10.3 Å². The van der Waals surface area contributed by atoms with Crippen molar-refractivity contribution < 1.29 is 18.4 Å². The van der Waals surface area contributed by atoms with Crippen molar-refractivity contribution in [2.75, 3.05) is 5.32 Å². The van der Waals surface area contributed by atoms with Crippen LogP contribution in [-0.4, -0.2) is 16.8 Å². The molecule has 27 heavy (non-hydrogen) atoms. The zero-order chi connectivity index (χ0) is 19.2. The minimum absolute atomic E-state index is 0.0498. The standard InChI is InChI=1S/C20H15F2N3O2/c21-14-6-4-13(5-7-14)12-23-19(26)17-2-1-3-18(25-17)20(27)24-16-10-8-15(22)9-11-16/h1-11H,12H2,(H,23,26)(H,24,27). The molecular weight excluding hydrogens is 352 g/mol. The van der Waals surface area contributed by atoms with Crippen LogP contribution >= 0.6 is 0 Å². The van der Waals surface area contributed by atoms with E-state index in [9.17, 15) is 18.4 Å². The summed E-state index contributed by atoms with van der Waals surface area (Å²) in [5.74, 6) is -1.75. The summed E-state index contributed by atoms with van der Waals surface area (Å²) in [6, 6.07) is 15.5. The van der Waals surface area contributed by atoms with Gasteiger partial charge >= 0.3 is 0 Å². The number of carbonyl (C=O) groups is 2. The lowest BCUT2D eigenvalue weighted by molar-refractivity contribution is 0.0945. The number of carbonyl (C=O) groups excluding carboxylic acids is 2. The van der Waals surface area contributed by atoms with Crippen LogP contribution in [0, 0.1) is 11.6 Å². The highest BCUT2D eigenvalue weighted by Crippen LogP contribution is 2.10. The molecule has 0 spiro atoms. The van der Waals surface area contributed by atoms with Crippen molar-refractivity contribution in [3.05, 3.63) is 95.3 Å². The maximum absolute atomic E-state index is 12.9. The Morgan fingerprint density at radius 3 is 1.96 bits per heavy atom. The van der Waals surface area contributed by atoms with E-state index in [0.717, 1.165) is 5.56 Å². The van der Waals surface area contributed by atoms with Gasteiger partial charge in [-0.15, -0.1) is 0 Å². The van der Waals surface area contributed by atoms with Gasteiger partial charge in [-0.05, 0) is 54.1 Å². The van der Waals surface area contributed by atoms with E-state index >= 15 is 0 Å². The number of amides is 2. The number of hydrogen-bond donors (Lipinski definition) is 2. The minimum atomic E-state index is -0.519. The second-order valence-corrected chi connectivity index (χ2v) is 5.68. The Labute approximate surface area is 154 Å².